The molecule has 0 rings (SSSR count). The van der Waals surface area contributed by atoms with Crippen molar-refractivity contribution >= 4 is 10.8 Å². The largest absolute Gasteiger partial charge is 0.262 e. The summed E-state index contributed by atoms with van der Waals surface area (Å²) in [4.78, 5) is 0. The second-order valence-electron chi connectivity index (χ2n) is 1.22. The van der Waals surface area contributed by atoms with Gasteiger partial charge in [0.25, 0.3) is 0 Å². The molecule has 0 aliphatic heterocycles. The minimum atomic E-state index is -0.917. The summed E-state index contributed by atoms with van der Waals surface area (Å²) in [5.41, 5.74) is 0. The summed E-state index contributed by atoms with van der Waals surface area (Å²) in [5, 5.41) is 0. The van der Waals surface area contributed by atoms with Crippen LogP contribution in [0.4, 0.5) is 0 Å². The Morgan fingerprint density at radius 2 is 1.50 bits per heavy atom. The highest BCUT2D eigenvalue weighted by Crippen LogP contribution is 2.01. The van der Waals surface area contributed by atoms with Crippen LogP contribution >= 0.6 is 10.8 Å². The fourth-order valence-corrected chi connectivity index (χ4v) is 0. The van der Waals surface area contributed by atoms with E-state index >= 15 is 0 Å². The molecule has 0 fully saturated rings. The van der Waals surface area contributed by atoms with Gasteiger partial charge in [0.2, 0.25) is 0 Å². The van der Waals surface area contributed by atoms with E-state index in [-0.39, 0.29) is 0 Å². The zero-order chi connectivity index (χ0) is 4.50. The maximum atomic E-state index is 7.02. The minimum Gasteiger partial charge on any atom is -0.262 e. The van der Waals surface area contributed by atoms with E-state index in [4.69, 9.17) is 1.12 Å². The highest BCUT2D eigenvalue weighted by atomic mass is 32.2. The van der Waals surface area contributed by atoms with E-state index in [1.165, 1.54) is 0 Å². The Bertz CT molecular complexity index is 22.4. The van der Waals surface area contributed by atoms with Crippen LogP contribution in [0.5, 0.6) is 0 Å². The number of hydrogen-bond donors (Lipinski definition) is 1. The van der Waals surface area contributed by atoms with Crippen molar-refractivity contribution in [2.75, 3.05) is 18.8 Å². The lowest BCUT2D eigenvalue weighted by molar-refractivity contribution is 2.20. The standard InChI is InChI=1S/C3H10S/c1-4(2)3/h4H,1-3H3/i4D. The second kappa shape index (κ2) is 1.65. The number of hydrogen-bond acceptors (Lipinski definition) is 0. The van der Waals surface area contributed by atoms with Crippen LogP contribution in [0, 0.1) is 0 Å². The molecule has 0 aromatic heterocycles. The lowest BCUT2D eigenvalue weighted by Gasteiger charge is -1.88. The molecule has 0 spiro atoms. The lowest BCUT2D eigenvalue weighted by atomic mass is 11.9. The topological polar surface area (TPSA) is 0 Å². The molecule has 0 aliphatic carbocycles. The molecular weight excluding hydrogens is 68.1 g/mol. The molecule has 4 heavy (non-hydrogen) atoms. The van der Waals surface area contributed by atoms with Gasteiger partial charge in [-0.15, -0.1) is 0 Å². The molecule has 0 bridgehead atoms. The predicted molar refractivity (Wildman–Crippen MR) is 26.8 cm³/mol. The lowest BCUT2D eigenvalue weighted by Crippen LogP contribution is -1.56. The quantitative estimate of drug-likeness (QED) is 0.409. The molecule has 0 radical (unpaired) electrons. The van der Waals surface area contributed by atoms with Gasteiger partial charge in [0, 0.05) is 0 Å². The highest BCUT2D eigenvalue weighted by Gasteiger charge is 1.59. The first-order chi connectivity index (χ1) is 2.00. The van der Waals surface area contributed by atoms with Crippen LogP contribution in [-0.4, -0.2) is 19.9 Å². The van der Waals surface area contributed by atoms with Crippen molar-refractivity contribution in [3.05, 3.63) is 0 Å². The SMILES string of the molecule is [2H]S(C)(C)C. The zero-order valence-corrected chi connectivity index (χ0v) is 4.22. The van der Waals surface area contributed by atoms with Crippen molar-refractivity contribution in [1.29, 1.82) is 1.12 Å². The van der Waals surface area contributed by atoms with E-state index < -0.39 is 10.8 Å². The average Bonchev–Trinajstić information content (AvgIpc) is 0.722. The third kappa shape index (κ3) is 35.0. The molecule has 0 aromatic rings. The van der Waals surface area contributed by atoms with Gasteiger partial charge in [0.05, 0.1) is 1.12 Å². The minimum absolute atomic E-state index is 0.917. The van der Waals surface area contributed by atoms with Gasteiger partial charge in [0.15, 0.2) is 0 Å². The average molecular weight is 79.2 g/mol. The summed E-state index contributed by atoms with van der Waals surface area (Å²) in [5.74, 6) is 0. The second-order valence-corrected chi connectivity index (χ2v) is 3.67. The molecule has 0 aliphatic rings. The van der Waals surface area contributed by atoms with Gasteiger partial charge in [0.1, 0.15) is 0 Å². The van der Waals surface area contributed by atoms with E-state index in [0.29, 0.717) is 0 Å². The summed E-state index contributed by atoms with van der Waals surface area (Å²) in [6, 6.07) is 0. The molecule has 0 saturated carbocycles. The predicted octanol–water partition coefficient (Wildman–Crippen LogP) is 0.877. The molecule has 0 aromatic carbocycles. The van der Waals surface area contributed by atoms with Gasteiger partial charge >= 0.3 is 0 Å². The summed E-state index contributed by atoms with van der Waals surface area (Å²) in [7, 11) is -0.917. The van der Waals surface area contributed by atoms with Crippen LogP contribution in [-0.2, 0) is 0 Å². The van der Waals surface area contributed by atoms with E-state index in [2.05, 4.69) is 0 Å². The third-order valence-electron chi connectivity index (χ3n) is 0. The summed E-state index contributed by atoms with van der Waals surface area (Å²) in [6.45, 7) is 0. The van der Waals surface area contributed by atoms with Crippen molar-refractivity contribution in [3.63, 3.8) is 0 Å². The fraction of sp³-hybridized carbons (Fsp3) is 1.00. The van der Waals surface area contributed by atoms with Gasteiger partial charge in [-0.2, -0.15) is 0 Å². The first-order valence-corrected chi connectivity index (χ1v) is 3.67. The highest BCUT2D eigenvalue weighted by molar-refractivity contribution is 8.15. The Morgan fingerprint density at radius 1 is 1.50 bits per heavy atom. The first kappa shape index (κ1) is 2.58. The van der Waals surface area contributed by atoms with E-state index in [1.807, 2.05) is 18.8 Å². The van der Waals surface area contributed by atoms with Crippen LogP contribution in [0.25, 0.3) is 0 Å². The van der Waals surface area contributed by atoms with Crippen molar-refractivity contribution in [2.24, 2.45) is 0 Å². The van der Waals surface area contributed by atoms with Crippen molar-refractivity contribution in [2.45, 2.75) is 0 Å². The van der Waals surface area contributed by atoms with E-state index in [0.717, 1.165) is 0 Å². The maximum Gasteiger partial charge on any atom is 0.0817 e. The van der Waals surface area contributed by atoms with Crippen LogP contribution in [0.2, 0.25) is 0 Å². The van der Waals surface area contributed by atoms with Gasteiger partial charge < -0.3 is 0 Å². The Labute approximate surface area is 31.6 Å². The molecule has 0 amide bonds. The van der Waals surface area contributed by atoms with Crippen LogP contribution in [0.3, 0.4) is 0 Å². The van der Waals surface area contributed by atoms with Gasteiger partial charge in [-0.1, -0.05) is 0 Å². The van der Waals surface area contributed by atoms with Crippen LogP contribution in [0.15, 0.2) is 0 Å². The fourth-order valence-electron chi connectivity index (χ4n) is 0. The smallest absolute Gasteiger partial charge is 0.0817 e. The Hall–Kier alpha value is 0.350. The van der Waals surface area contributed by atoms with Crippen LogP contribution < -0.4 is 0 Å². The van der Waals surface area contributed by atoms with Gasteiger partial charge in [-0.3, -0.25) is 10.8 Å². The normalized spacial score (nSPS) is 19.2. The maximum absolute atomic E-state index is 7.02. The third-order valence-corrected chi connectivity index (χ3v) is 0. The Morgan fingerprint density at radius 3 is 1.50 bits per heavy atom. The molecule has 0 nitrogen and oxygen atoms in total. The van der Waals surface area contributed by atoms with Gasteiger partial charge in [-0.05, 0) is 18.8 Å². The molecule has 0 unspecified atom stereocenters. The van der Waals surface area contributed by atoms with E-state index in [9.17, 15) is 0 Å². The van der Waals surface area contributed by atoms with Crippen molar-refractivity contribution in [1.82, 2.24) is 0 Å². The zero-order valence-electron chi connectivity index (χ0n) is 4.41. The summed E-state index contributed by atoms with van der Waals surface area (Å²) >= 11 is 0. The van der Waals surface area contributed by atoms with Crippen LogP contribution in [0.1, 0.15) is 0 Å². The Kier molecular flexibility index (Phi) is 1.06. The Balaban J connectivity index is 3.02. The van der Waals surface area contributed by atoms with E-state index in [1.54, 1.807) is 0 Å². The van der Waals surface area contributed by atoms with Crippen molar-refractivity contribution < 1.29 is 0 Å². The molecule has 0 atom stereocenters. The molecule has 1 heteroatoms. The monoisotopic (exact) mass is 79.1 g/mol. The molecule has 28 valence electrons. The molecular formula is C3H10S. The molecule has 0 N–H and O–H groups in total. The molecule has 0 saturated heterocycles. The first-order valence-electron chi connectivity index (χ1n) is 1.63. The summed E-state index contributed by atoms with van der Waals surface area (Å²) in [6.07, 6.45) is 5.81. The van der Waals surface area contributed by atoms with Crippen molar-refractivity contribution in [3.8, 4) is 0 Å². The van der Waals surface area contributed by atoms with Gasteiger partial charge in [-0.25, -0.2) is 0 Å². The molecule has 0 heterocycles. The number of rotatable bonds is 0. The summed E-state index contributed by atoms with van der Waals surface area (Å²) < 4.78 is 7.02. The number of thiol groups is 1.